The number of anilines is 1. The number of rotatable bonds is 2. The van der Waals surface area contributed by atoms with Crippen LogP contribution in [-0.2, 0) is 13.0 Å². The molecule has 1 unspecified atom stereocenters. The SMILES string of the molecule is CC[NH+]1CCc2c(sc3c2C(=O)N[C@@H](c2cc(Cl)cc(Cl)c2O)N3)C1. The van der Waals surface area contributed by atoms with Gasteiger partial charge >= 0.3 is 0 Å². The first-order valence-electron chi connectivity index (χ1n) is 8.21. The minimum absolute atomic E-state index is 0.0739. The van der Waals surface area contributed by atoms with Gasteiger partial charge in [-0.15, -0.1) is 11.3 Å². The maximum Gasteiger partial charge on any atom is 0.256 e. The van der Waals surface area contributed by atoms with E-state index >= 15 is 0 Å². The minimum atomic E-state index is -0.564. The molecule has 25 heavy (non-hydrogen) atoms. The highest BCUT2D eigenvalue weighted by Gasteiger charge is 2.35. The molecular weight excluding hydrogens is 381 g/mol. The third-order valence-electron chi connectivity index (χ3n) is 4.88. The number of benzene rings is 1. The van der Waals surface area contributed by atoms with Crippen LogP contribution in [0.2, 0.25) is 10.0 Å². The number of amides is 1. The maximum atomic E-state index is 12.7. The van der Waals surface area contributed by atoms with Gasteiger partial charge in [0.1, 0.15) is 23.5 Å². The monoisotopic (exact) mass is 398 g/mol. The molecular formula is C17H18Cl2N3O2S+. The zero-order chi connectivity index (χ0) is 17.7. The Balaban J connectivity index is 1.71. The first kappa shape index (κ1) is 17.0. The van der Waals surface area contributed by atoms with Crippen molar-refractivity contribution in [3.05, 3.63) is 43.7 Å². The van der Waals surface area contributed by atoms with Crippen LogP contribution >= 0.6 is 34.5 Å². The number of thiophene rings is 1. The molecule has 2 atom stereocenters. The number of carbonyl (C=O) groups is 1. The fourth-order valence-electron chi connectivity index (χ4n) is 3.51. The normalized spacial score (nSPS) is 22.0. The molecule has 4 rings (SSSR count). The molecule has 5 nitrogen and oxygen atoms in total. The van der Waals surface area contributed by atoms with Gasteiger partial charge in [0.05, 0.1) is 28.6 Å². The molecule has 1 aromatic heterocycles. The number of quaternary nitrogens is 1. The number of likely N-dealkylation sites (N-methyl/N-ethyl adjacent to an activating group) is 1. The Morgan fingerprint density at radius 3 is 2.92 bits per heavy atom. The standard InChI is InChI=1S/C17H17Cl2N3O2S/c1-2-22-4-3-9-12(7-22)25-17-13(9)16(24)20-15(21-17)10-5-8(18)6-11(19)14(10)23/h5-6,15,21,23H,2-4,7H2,1H3,(H,20,24)/p+1/t15-/m1/s1. The Morgan fingerprint density at radius 1 is 1.36 bits per heavy atom. The summed E-state index contributed by atoms with van der Waals surface area (Å²) < 4.78 is 0. The Hall–Kier alpha value is -1.47. The summed E-state index contributed by atoms with van der Waals surface area (Å²) in [6.45, 7) is 5.27. The molecule has 0 saturated carbocycles. The van der Waals surface area contributed by atoms with Crippen LogP contribution in [0, 0.1) is 0 Å². The second-order valence-electron chi connectivity index (χ2n) is 6.36. The van der Waals surface area contributed by atoms with Crippen molar-refractivity contribution in [1.82, 2.24) is 5.32 Å². The molecule has 0 fully saturated rings. The van der Waals surface area contributed by atoms with Crippen molar-refractivity contribution < 1.29 is 14.8 Å². The lowest BCUT2D eigenvalue weighted by molar-refractivity contribution is -0.913. The molecule has 3 heterocycles. The van der Waals surface area contributed by atoms with E-state index in [1.807, 2.05) is 0 Å². The number of hydrogen-bond donors (Lipinski definition) is 4. The Bertz CT molecular complexity index is 868. The lowest BCUT2D eigenvalue weighted by Gasteiger charge is -2.28. The van der Waals surface area contributed by atoms with E-state index in [2.05, 4.69) is 17.6 Å². The van der Waals surface area contributed by atoms with Gasteiger partial charge in [-0.25, -0.2) is 0 Å². The van der Waals surface area contributed by atoms with Gasteiger partial charge in [-0.05, 0) is 24.6 Å². The van der Waals surface area contributed by atoms with Gasteiger partial charge in [-0.3, -0.25) is 4.79 Å². The van der Waals surface area contributed by atoms with Crippen molar-refractivity contribution in [3.63, 3.8) is 0 Å². The van der Waals surface area contributed by atoms with E-state index in [1.165, 1.54) is 15.8 Å². The molecule has 0 radical (unpaired) electrons. The highest BCUT2D eigenvalue weighted by atomic mass is 35.5. The first-order valence-corrected chi connectivity index (χ1v) is 9.78. The molecule has 4 N–H and O–H groups in total. The first-order chi connectivity index (χ1) is 12.0. The number of halogens is 2. The summed E-state index contributed by atoms with van der Waals surface area (Å²) in [4.78, 5) is 15.5. The summed E-state index contributed by atoms with van der Waals surface area (Å²) in [5.41, 5.74) is 2.37. The third kappa shape index (κ3) is 2.87. The molecule has 1 aromatic carbocycles. The summed E-state index contributed by atoms with van der Waals surface area (Å²) in [5, 5.41) is 17.9. The van der Waals surface area contributed by atoms with Crippen LogP contribution in [0.5, 0.6) is 5.75 Å². The molecule has 1 amide bonds. The van der Waals surface area contributed by atoms with Gasteiger partial charge in [0.2, 0.25) is 0 Å². The van der Waals surface area contributed by atoms with E-state index in [1.54, 1.807) is 17.4 Å². The van der Waals surface area contributed by atoms with Gasteiger partial charge in [-0.2, -0.15) is 0 Å². The van der Waals surface area contributed by atoms with E-state index < -0.39 is 6.17 Å². The lowest BCUT2D eigenvalue weighted by atomic mass is 10.00. The number of phenolic OH excluding ortho intramolecular Hbond substituents is 1. The summed E-state index contributed by atoms with van der Waals surface area (Å²) in [6, 6.07) is 3.09. The highest BCUT2D eigenvalue weighted by molar-refractivity contribution is 7.16. The van der Waals surface area contributed by atoms with Crippen molar-refractivity contribution >= 4 is 45.4 Å². The van der Waals surface area contributed by atoms with Crippen molar-refractivity contribution in [2.24, 2.45) is 0 Å². The topological polar surface area (TPSA) is 65.8 Å². The van der Waals surface area contributed by atoms with Crippen LogP contribution in [-0.4, -0.2) is 24.1 Å². The van der Waals surface area contributed by atoms with Gasteiger partial charge in [0.25, 0.3) is 5.91 Å². The number of nitrogens with one attached hydrogen (secondary N) is 3. The number of aromatic hydroxyl groups is 1. The fourth-order valence-corrected chi connectivity index (χ4v) is 5.37. The van der Waals surface area contributed by atoms with Crippen molar-refractivity contribution in [1.29, 1.82) is 0 Å². The number of carbonyl (C=O) groups excluding carboxylic acids is 1. The molecule has 2 aromatic rings. The smallest absolute Gasteiger partial charge is 0.256 e. The van der Waals surface area contributed by atoms with Gasteiger partial charge < -0.3 is 20.6 Å². The Morgan fingerprint density at radius 2 is 2.16 bits per heavy atom. The van der Waals surface area contributed by atoms with Crippen molar-refractivity contribution in [2.75, 3.05) is 18.4 Å². The summed E-state index contributed by atoms with van der Waals surface area (Å²) in [6.07, 6.45) is 0.351. The molecule has 8 heteroatoms. The maximum absolute atomic E-state index is 12.7. The van der Waals surface area contributed by atoms with Crippen molar-refractivity contribution in [3.8, 4) is 5.75 Å². The quantitative estimate of drug-likeness (QED) is 0.628. The zero-order valence-corrected chi connectivity index (χ0v) is 15.9. The predicted octanol–water partition coefficient (Wildman–Crippen LogP) is 2.58. The van der Waals surface area contributed by atoms with Crippen molar-refractivity contribution in [2.45, 2.75) is 26.1 Å². The summed E-state index contributed by atoms with van der Waals surface area (Å²) in [7, 11) is 0. The van der Waals surface area contributed by atoms with Gasteiger partial charge in [0, 0.05) is 17.0 Å². The predicted molar refractivity (Wildman–Crippen MR) is 100 cm³/mol. The lowest BCUT2D eigenvalue weighted by Crippen LogP contribution is -3.11. The summed E-state index contributed by atoms with van der Waals surface area (Å²) >= 11 is 13.7. The molecule has 0 aliphatic carbocycles. The molecule has 2 aliphatic heterocycles. The Labute approximate surface area is 159 Å². The van der Waals surface area contributed by atoms with Crippen LogP contribution in [0.15, 0.2) is 12.1 Å². The van der Waals surface area contributed by atoms with E-state index in [4.69, 9.17) is 23.2 Å². The molecule has 0 spiro atoms. The molecule has 0 bridgehead atoms. The van der Waals surface area contributed by atoms with E-state index in [0.717, 1.165) is 42.2 Å². The molecule has 0 saturated heterocycles. The zero-order valence-electron chi connectivity index (χ0n) is 13.6. The van der Waals surface area contributed by atoms with E-state index in [-0.39, 0.29) is 16.7 Å². The summed E-state index contributed by atoms with van der Waals surface area (Å²) in [5.74, 6) is -0.193. The number of phenols is 1. The Kier molecular flexibility index (Phi) is 4.32. The third-order valence-corrected chi connectivity index (χ3v) is 6.55. The van der Waals surface area contributed by atoms with Crippen LogP contribution in [0.3, 0.4) is 0 Å². The molecule has 2 aliphatic rings. The fraction of sp³-hybridized carbons (Fsp3) is 0.353. The number of fused-ring (bicyclic) bond motifs is 3. The van der Waals surface area contributed by atoms with Crippen LogP contribution in [0.25, 0.3) is 0 Å². The largest absolute Gasteiger partial charge is 0.506 e. The second-order valence-corrected chi connectivity index (χ2v) is 8.31. The number of hydrogen-bond acceptors (Lipinski definition) is 4. The average molecular weight is 399 g/mol. The molecule has 132 valence electrons. The second kappa shape index (κ2) is 6.36. The minimum Gasteiger partial charge on any atom is -0.506 e. The van der Waals surface area contributed by atoms with Crippen LogP contribution in [0.4, 0.5) is 5.00 Å². The van der Waals surface area contributed by atoms with Gasteiger partial charge in [0.15, 0.2) is 0 Å². The van der Waals surface area contributed by atoms with Gasteiger partial charge in [-0.1, -0.05) is 23.2 Å². The average Bonchev–Trinajstić information content (AvgIpc) is 2.95. The highest BCUT2D eigenvalue weighted by Crippen LogP contribution is 2.42. The van der Waals surface area contributed by atoms with E-state index in [9.17, 15) is 9.90 Å². The van der Waals surface area contributed by atoms with Crippen LogP contribution < -0.4 is 15.5 Å². The van der Waals surface area contributed by atoms with E-state index in [0.29, 0.717) is 10.6 Å². The van der Waals surface area contributed by atoms with Crippen LogP contribution in [0.1, 0.15) is 39.5 Å².